The number of nitro groups is 1. The van der Waals surface area contributed by atoms with Crippen LogP contribution >= 0.6 is 11.8 Å². The van der Waals surface area contributed by atoms with Gasteiger partial charge < -0.3 is 5.32 Å². The molecule has 0 spiro atoms. The van der Waals surface area contributed by atoms with Gasteiger partial charge in [0.1, 0.15) is 5.82 Å². The lowest BCUT2D eigenvalue weighted by Crippen LogP contribution is -2.02. The maximum Gasteiger partial charge on any atom is 0.269 e. The predicted octanol–water partition coefficient (Wildman–Crippen LogP) is 4.77. The summed E-state index contributed by atoms with van der Waals surface area (Å²) in [4.78, 5) is 19.4. The molecule has 0 aliphatic rings. The molecule has 0 amide bonds. The van der Waals surface area contributed by atoms with Crippen molar-refractivity contribution in [2.24, 2.45) is 0 Å². The number of aryl methyl sites for hydroxylation is 1. The lowest BCUT2D eigenvalue weighted by molar-refractivity contribution is -0.384. The van der Waals surface area contributed by atoms with E-state index < -0.39 is 4.92 Å². The summed E-state index contributed by atoms with van der Waals surface area (Å²) in [5, 5.41) is 26.6. The Bertz CT molecular complexity index is 1430. The number of benzene rings is 2. The van der Waals surface area contributed by atoms with Gasteiger partial charge >= 0.3 is 0 Å². The van der Waals surface area contributed by atoms with Crippen molar-refractivity contribution >= 4 is 34.9 Å². The van der Waals surface area contributed by atoms with Gasteiger partial charge in [0.2, 0.25) is 5.16 Å². The Hall–Kier alpha value is -4.25. The van der Waals surface area contributed by atoms with Crippen LogP contribution in [0.25, 0.3) is 17.0 Å². The highest BCUT2D eigenvalue weighted by atomic mass is 32.2. The van der Waals surface area contributed by atoms with Crippen LogP contribution in [0.4, 0.5) is 17.3 Å². The summed E-state index contributed by atoms with van der Waals surface area (Å²) in [5.41, 5.74) is 3.75. The lowest BCUT2D eigenvalue weighted by Gasteiger charge is -2.05. The molecule has 5 rings (SSSR count). The molecule has 33 heavy (non-hydrogen) atoms. The number of rotatable bonds is 7. The zero-order valence-electron chi connectivity index (χ0n) is 17.5. The highest BCUT2D eigenvalue weighted by Gasteiger charge is 2.13. The Labute approximate surface area is 192 Å². The summed E-state index contributed by atoms with van der Waals surface area (Å²) >= 11 is 1.43. The van der Waals surface area contributed by atoms with Gasteiger partial charge in [-0.25, -0.2) is 4.98 Å². The lowest BCUT2D eigenvalue weighted by atomic mass is 10.2. The maximum absolute atomic E-state index is 10.8. The zero-order chi connectivity index (χ0) is 22.8. The normalized spacial score (nSPS) is 11.1. The quantitative estimate of drug-likeness (QED) is 0.203. The fourth-order valence-electron chi connectivity index (χ4n) is 3.26. The fourth-order valence-corrected chi connectivity index (χ4v) is 4.04. The third-order valence-electron chi connectivity index (χ3n) is 4.85. The smallest absolute Gasteiger partial charge is 0.269 e. The molecular formula is C22H18N8O2S. The zero-order valence-corrected chi connectivity index (χ0v) is 18.3. The first kappa shape index (κ1) is 20.6. The van der Waals surface area contributed by atoms with Gasteiger partial charge in [-0.05, 0) is 18.1 Å². The van der Waals surface area contributed by atoms with Crippen LogP contribution in [0.15, 0.2) is 71.9 Å². The van der Waals surface area contributed by atoms with Crippen LogP contribution in [0.1, 0.15) is 11.3 Å². The first-order valence-corrected chi connectivity index (χ1v) is 11.0. The van der Waals surface area contributed by atoms with Crippen molar-refractivity contribution < 1.29 is 4.92 Å². The average molecular weight is 459 g/mol. The monoisotopic (exact) mass is 458 g/mol. The van der Waals surface area contributed by atoms with E-state index in [1.165, 1.54) is 23.9 Å². The van der Waals surface area contributed by atoms with Gasteiger partial charge in [-0.15, -0.1) is 5.10 Å². The average Bonchev–Trinajstić information content (AvgIpc) is 3.45. The number of nitro benzene ring substituents is 1. The SMILES string of the molecule is Cc1cc(Nc2cc(-c3ccccc3)[nH]n2)n2nc(SCc3ccc([N+](=O)[O-])cc3)nc2n1. The van der Waals surface area contributed by atoms with Gasteiger partial charge in [-0.3, -0.25) is 15.2 Å². The van der Waals surface area contributed by atoms with Crippen LogP contribution in [0.3, 0.4) is 0 Å². The van der Waals surface area contributed by atoms with Crippen molar-refractivity contribution in [3.63, 3.8) is 0 Å². The molecule has 0 bridgehead atoms. The van der Waals surface area contributed by atoms with E-state index in [0.29, 0.717) is 28.3 Å². The van der Waals surface area contributed by atoms with Crippen LogP contribution in [-0.4, -0.2) is 34.7 Å². The van der Waals surface area contributed by atoms with Crippen LogP contribution in [0, 0.1) is 17.0 Å². The molecular weight excluding hydrogens is 440 g/mol. The first-order valence-electron chi connectivity index (χ1n) is 10.0. The number of thioether (sulfide) groups is 1. The van der Waals surface area contributed by atoms with Gasteiger partial charge in [-0.1, -0.05) is 54.2 Å². The number of anilines is 2. The molecule has 0 radical (unpaired) electrons. The van der Waals surface area contributed by atoms with Crippen LogP contribution in [-0.2, 0) is 5.75 Å². The highest BCUT2D eigenvalue weighted by molar-refractivity contribution is 7.98. The number of fused-ring (bicyclic) bond motifs is 1. The molecule has 0 saturated carbocycles. The Morgan fingerprint density at radius 1 is 1.09 bits per heavy atom. The van der Waals surface area contributed by atoms with Crippen LogP contribution in [0.5, 0.6) is 0 Å². The van der Waals surface area contributed by atoms with Gasteiger partial charge in [0, 0.05) is 35.7 Å². The van der Waals surface area contributed by atoms with E-state index in [1.54, 1.807) is 16.6 Å². The topological polar surface area (TPSA) is 127 Å². The molecule has 3 heterocycles. The number of nitrogens with zero attached hydrogens (tertiary/aromatic N) is 6. The molecule has 3 aromatic heterocycles. The standard InChI is InChI=1S/C22H18N8O2S/c1-14-11-20(24-19-12-18(26-27-19)16-5-3-2-4-6-16)29-21(23-14)25-22(28-29)33-13-15-7-9-17(10-8-15)30(31)32/h2-12H,13H2,1H3,(H2,24,26,27). The van der Waals surface area contributed by atoms with E-state index in [9.17, 15) is 10.1 Å². The fraction of sp³-hybridized carbons (Fsp3) is 0.0909. The molecule has 0 atom stereocenters. The second-order valence-electron chi connectivity index (χ2n) is 7.26. The minimum absolute atomic E-state index is 0.0683. The van der Waals surface area contributed by atoms with E-state index in [2.05, 4.69) is 30.6 Å². The summed E-state index contributed by atoms with van der Waals surface area (Å²) in [5.74, 6) is 2.40. The van der Waals surface area contributed by atoms with E-state index >= 15 is 0 Å². The number of H-pyrrole nitrogens is 1. The molecule has 5 aromatic rings. The second kappa shape index (κ2) is 8.71. The van der Waals surface area contributed by atoms with Gasteiger partial charge in [0.15, 0.2) is 5.82 Å². The summed E-state index contributed by atoms with van der Waals surface area (Å²) in [6.07, 6.45) is 0. The summed E-state index contributed by atoms with van der Waals surface area (Å²) < 4.78 is 1.64. The van der Waals surface area contributed by atoms with E-state index in [0.717, 1.165) is 22.5 Å². The summed E-state index contributed by atoms with van der Waals surface area (Å²) in [6, 6.07) is 20.2. The third kappa shape index (κ3) is 4.53. The summed E-state index contributed by atoms with van der Waals surface area (Å²) in [6.45, 7) is 1.89. The maximum atomic E-state index is 10.8. The first-order chi connectivity index (χ1) is 16.0. The van der Waals surface area contributed by atoms with Crippen molar-refractivity contribution in [2.75, 3.05) is 5.32 Å². The Morgan fingerprint density at radius 3 is 2.64 bits per heavy atom. The molecule has 164 valence electrons. The Kier molecular flexibility index (Phi) is 5.45. The Balaban J connectivity index is 1.35. The number of aromatic nitrogens is 6. The van der Waals surface area contributed by atoms with Crippen molar-refractivity contribution in [2.45, 2.75) is 17.8 Å². The number of hydrogen-bond acceptors (Lipinski definition) is 8. The van der Waals surface area contributed by atoms with Crippen LogP contribution in [0.2, 0.25) is 0 Å². The van der Waals surface area contributed by atoms with Crippen molar-refractivity contribution in [1.82, 2.24) is 29.8 Å². The third-order valence-corrected chi connectivity index (χ3v) is 5.76. The van der Waals surface area contributed by atoms with Crippen molar-refractivity contribution in [3.05, 3.63) is 88.1 Å². The van der Waals surface area contributed by atoms with Gasteiger partial charge in [0.25, 0.3) is 11.5 Å². The van der Waals surface area contributed by atoms with E-state index in [1.807, 2.05) is 49.4 Å². The second-order valence-corrected chi connectivity index (χ2v) is 8.20. The van der Waals surface area contributed by atoms with Crippen molar-refractivity contribution in [3.8, 4) is 11.3 Å². The molecule has 2 N–H and O–H groups in total. The molecule has 11 heteroatoms. The van der Waals surface area contributed by atoms with E-state index in [-0.39, 0.29) is 5.69 Å². The minimum Gasteiger partial charge on any atom is -0.323 e. The molecule has 10 nitrogen and oxygen atoms in total. The van der Waals surface area contributed by atoms with Crippen molar-refractivity contribution in [1.29, 1.82) is 0 Å². The number of non-ortho nitro benzene ring substituents is 1. The summed E-state index contributed by atoms with van der Waals surface area (Å²) in [7, 11) is 0. The van der Waals surface area contributed by atoms with Gasteiger partial charge in [0.05, 0.1) is 10.6 Å². The molecule has 0 unspecified atom stereocenters. The van der Waals surface area contributed by atoms with Gasteiger partial charge in [-0.2, -0.15) is 14.6 Å². The van der Waals surface area contributed by atoms with E-state index in [4.69, 9.17) is 0 Å². The molecule has 0 saturated heterocycles. The predicted molar refractivity (Wildman–Crippen MR) is 125 cm³/mol. The molecule has 0 aliphatic heterocycles. The minimum atomic E-state index is -0.411. The van der Waals surface area contributed by atoms with Crippen LogP contribution < -0.4 is 5.32 Å². The number of aromatic amines is 1. The Morgan fingerprint density at radius 2 is 1.88 bits per heavy atom. The number of hydrogen-bond donors (Lipinski definition) is 2. The number of nitrogens with one attached hydrogen (secondary N) is 2. The largest absolute Gasteiger partial charge is 0.323 e. The highest BCUT2D eigenvalue weighted by Crippen LogP contribution is 2.25. The molecule has 2 aromatic carbocycles. The molecule has 0 fully saturated rings. The molecule has 0 aliphatic carbocycles.